The van der Waals surface area contributed by atoms with Gasteiger partial charge in [-0.3, -0.25) is 0 Å². The van der Waals surface area contributed by atoms with Crippen LogP contribution in [0.5, 0.6) is 0 Å². The van der Waals surface area contributed by atoms with Gasteiger partial charge < -0.3 is 4.74 Å². The Morgan fingerprint density at radius 1 is 1.17 bits per heavy atom. The molecule has 0 radical (unpaired) electrons. The summed E-state index contributed by atoms with van der Waals surface area (Å²) in [5.74, 6) is 6.17. The third-order valence-electron chi connectivity index (χ3n) is 2.95. The van der Waals surface area contributed by atoms with Crippen LogP contribution in [0.4, 0.5) is 0 Å². The van der Waals surface area contributed by atoms with Crippen LogP contribution >= 0.6 is 0 Å². The Morgan fingerprint density at radius 3 is 2.44 bits per heavy atom. The van der Waals surface area contributed by atoms with Gasteiger partial charge in [0.2, 0.25) is 0 Å². The van der Waals surface area contributed by atoms with Crippen LogP contribution in [-0.2, 0) is 9.53 Å². The van der Waals surface area contributed by atoms with E-state index in [-0.39, 0.29) is 18.0 Å². The van der Waals surface area contributed by atoms with Crippen molar-refractivity contribution in [2.45, 2.75) is 26.9 Å². The summed E-state index contributed by atoms with van der Waals surface area (Å²) in [6, 6.07) is 9.74. The summed E-state index contributed by atoms with van der Waals surface area (Å²) in [7, 11) is 0. The predicted molar refractivity (Wildman–Crippen MR) is 70.7 cm³/mol. The van der Waals surface area contributed by atoms with E-state index in [0.717, 1.165) is 11.1 Å². The van der Waals surface area contributed by atoms with Gasteiger partial charge in [-0.1, -0.05) is 43.9 Å². The van der Waals surface area contributed by atoms with Crippen LogP contribution in [0, 0.1) is 17.8 Å². The minimum Gasteiger partial charge on any atom is -0.453 e. The number of benzene rings is 1. The molecule has 92 valence electrons. The summed E-state index contributed by atoms with van der Waals surface area (Å²) in [5, 5.41) is 0. The van der Waals surface area contributed by atoms with Gasteiger partial charge in [0, 0.05) is 11.1 Å². The van der Waals surface area contributed by atoms with E-state index in [1.807, 2.05) is 44.2 Å². The molecule has 2 heteroatoms. The minimum absolute atomic E-state index is 0.200. The summed E-state index contributed by atoms with van der Waals surface area (Å²) in [6.07, 6.45) is -0.200. The lowest BCUT2D eigenvalue weighted by Gasteiger charge is -2.14. The van der Waals surface area contributed by atoms with Gasteiger partial charge in [-0.05, 0) is 25.0 Å². The molecule has 2 rings (SSSR count). The lowest BCUT2D eigenvalue weighted by atomic mass is 9.97. The molecule has 0 fully saturated rings. The molecule has 0 saturated carbocycles. The Bertz CT molecular complexity index is 541. The van der Waals surface area contributed by atoms with Crippen molar-refractivity contribution in [2.75, 3.05) is 0 Å². The molecule has 2 nitrogen and oxygen atoms in total. The molecule has 0 aromatic heterocycles. The average Bonchev–Trinajstić information content (AvgIpc) is 2.65. The van der Waals surface area contributed by atoms with E-state index in [0.29, 0.717) is 5.57 Å². The number of cyclic esters (lactones) is 1. The Hall–Kier alpha value is -2.01. The maximum atomic E-state index is 11.6. The first-order valence-corrected chi connectivity index (χ1v) is 6.08. The van der Waals surface area contributed by atoms with E-state index in [1.54, 1.807) is 6.92 Å². The van der Waals surface area contributed by atoms with Crippen LogP contribution in [0.2, 0.25) is 0 Å². The molecule has 0 N–H and O–H groups in total. The molecule has 0 aliphatic carbocycles. The average molecular weight is 240 g/mol. The molecular weight excluding hydrogens is 224 g/mol. The standard InChI is InChI=1S/C16H16O2/c1-11(2)15-14(12(3)16(17)18-15)10-9-13-7-5-4-6-8-13/h4-8,11,15H,1-3H3. The minimum atomic E-state index is -0.244. The first kappa shape index (κ1) is 12.4. The third-order valence-corrected chi connectivity index (χ3v) is 2.95. The third kappa shape index (κ3) is 2.46. The Morgan fingerprint density at radius 2 is 1.83 bits per heavy atom. The molecule has 0 saturated heterocycles. The number of hydrogen-bond donors (Lipinski definition) is 0. The molecule has 1 aliphatic rings. The largest absolute Gasteiger partial charge is 0.453 e. The van der Waals surface area contributed by atoms with Crippen molar-refractivity contribution >= 4 is 5.97 Å². The number of carbonyl (C=O) groups excluding carboxylic acids is 1. The first-order chi connectivity index (χ1) is 8.59. The van der Waals surface area contributed by atoms with Crippen LogP contribution in [-0.4, -0.2) is 12.1 Å². The van der Waals surface area contributed by atoms with Gasteiger partial charge in [-0.15, -0.1) is 0 Å². The molecule has 0 amide bonds. The Labute approximate surface area is 108 Å². The molecule has 1 aliphatic heterocycles. The fourth-order valence-corrected chi connectivity index (χ4v) is 1.88. The highest BCUT2D eigenvalue weighted by Gasteiger charge is 2.32. The number of hydrogen-bond acceptors (Lipinski definition) is 2. The normalized spacial score (nSPS) is 18.7. The van der Waals surface area contributed by atoms with Crippen LogP contribution in [0.3, 0.4) is 0 Å². The fraction of sp³-hybridized carbons (Fsp3) is 0.312. The molecule has 1 aromatic rings. The molecule has 1 aromatic carbocycles. The van der Waals surface area contributed by atoms with E-state index in [4.69, 9.17) is 4.74 Å². The predicted octanol–water partition coefficient (Wildman–Crippen LogP) is 2.94. The molecular formula is C16H16O2. The van der Waals surface area contributed by atoms with Gasteiger partial charge in [0.25, 0.3) is 0 Å². The van der Waals surface area contributed by atoms with E-state index >= 15 is 0 Å². The highest BCUT2D eigenvalue weighted by atomic mass is 16.5. The first-order valence-electron chi connectivity index (χ1n) is 6.08. The summed E-state index contributed by atoms with van der Waals surface area (Å²) in [4.78, 5) is 11.6. The second kappa shape index (κ2) is 5.10. The van der Waals surface area contributed by atoms with Crippen LogP contribution < -0.4 is 0 Å². The fourth-order valence-electron chi connectivity index (χ4n) is 1.88. The summed E-state index contributed by atoms with van der Waals surface area (Å²) in [5.41, 5.74) is 2.40. The molecule has 1 heterocycles. The second-order valence-electron chi connectivity index (χ2n) is 4.72. The van der Waals surface area contributed by atoms with Gasteiger partial charge in [0.05, 0.1) is 5.57 Å². The van der Waals surface area contributed by atoms with Crippen molar-refractivity contribution in [1.82, 2.24) is 0 Å². The van der Waals surface area contributed by atoms with E-state index in [1.165, 1.54) is 0 Å². The van der Waals surface area contributed by atoms with Gasteiger partial charge in [0.1, 0.15) is 6.10 Å². The molecule has 18 heavy (non-hydrogen) atoms. The summed E-state index contributed by atoms with van der Waals surface area (Å²) >= 11 is 0. The maximum absolute atomic E-state index is 11.6. The second-order valence-corrected chi connectivity index (χ2v) is 4.72. The number of ether oxygens (including phenoxy) is 1. The van der Waals surface area contributed by atoms with Crippen LogP contribution in [0.25, 0.3) is 0 Å². The monoisotopic (exact) mass is 240 g/mol. The lowest BCUT2D eigenvalue weighted by molar-refractivity contribution is -0.141. The van der Waals surface area contributed by atoms with Crippen molar-refractivity contribution in [3.63, 3.8) is 0 Å². The van der Waals surface area contributed by atoms with Crippen molar-refractivity contribution in [3.8, 4) is 11.8 Å². The van der Waals surface area contributed by atoms with Gasteiger partial charge in [0.15, 0.2) is 0 Å². The summed E-state index contributed by atoms with van der Waals surface area (Å²) < 4.78 is 5.32. The van der Waals surface area contributed by atoms with Crippen molar-refractivity contribution in [2.24, 2.45) is 5.92 Å². The number of esters is 1. The SMILES string of the molecule is CC1=C(C#Cc2ccccc2)C(C(C)C)OC1=O. The summed E-state index contributed by atoms with van der Waals surface area (Å²) in [6.45, 7) is 5.83. The Balaban J connectivity index is 2.32. The number of rotatable bonds is 1. The zero-order valence-corrected chi connectivity index (χ0v) is 10.9. The van der Waals surface area contributed by atoms with E-state index in [9.17, 15) is 4.79 Å². The zero-order valence-electron chi connectivity index (χ0n) is 10.9. The quantitative estimate of drug-likeness (QED) is 0.557. The van der Waals surface area contributed by atoms with E-state index < -0.39 is 0 Å². The van der Waals surface area contributed by atoms with Gasteiger partial charge >= 0.3 is 5.97 Å². The van der Waals surface area contributed by atoms with Crippen molar-refractivity contribution < 1.29 is 9.53 Å². The molecule has 0 bridgehead atoms. The lowest BCUT2D eigenvalue weighted by Crippen LogP contribution is -2.18. The maximum Gasteiger partial charge on any atom is 0.335 e. The van der Waals surface area contributed by atoms with Crippen molar-refractivity contribution in [3.05, 3.63) is 47.0 Å². The van der Waals surface area contributed by atoms with Crippen LogP contribution in [0.15, 0.2) is 41.5 Å². The van der Waals surface area contributed by atoms with Gasteiger partial charge in [-0.2, -0.15) is 0 Å². The topological polar surface area (TPSA) is 26.3 Å². The molecule has 0 spiro atoms. The van der Waals surface area contributed by atoms with Gasteiger partial charge in [-0.25, -0.2) is 4.79 Å². The molecule has 1 unspecified atom stereocenters. The zero-order chi connectivity index (χ0) is 13.1. The highest BCUT2D eigenvalue weighted by molar-refractivity contribution is 5.93. The smallest absolute Gasteiger partial charge is 0.335 e. The molecule has 1 atom stereocenters. The Kier molecular flexibility index (Phi) is 3.53. The van der Waals surface area contributed by atoms with E-state index in [2.05, 4.69) is 11.8 Å². The highest BCUT2D eigenvalue weighted by Crippen LogP contribution is 2.27. The van der Waals surface area contributed by atoms with Crippen LogP contribution in [0.1, 0.15) is 26.3 Å². The van der Waals surface area contributed by atoms with Crippen molar-refractivity contribution in [1.29, 1.82) is 0 Å². The number of carbonyl (C=O) groups is 1.